The number of amides is 2. The Balaban J connectivity index is 1.38. The Morgan fingerprint density at radius 2 is 1.47 bits per heavy atom. The van der Waals surface area contributed by atoms with Gasteiger partial charge in [-0.2, -0.15) is 5.10 Å². The fraction of sp³-hybridized carbons (Fsp3) is 0.120. The zero-order chi connectivity index (χ0) is 24.3. The molecule has 0 saturated heterocycles. The number of nitrogens with zero attached hydrogens (tertiary/aromatic N) is 1. The third-order valence-electron chi connectivity index (χ3n) is 4.57. The van der Waals surface area contributed by atoms with Crippen LogP contribution in [0.4, 0.5) is 0 Å². The van der Waals surface area contributed by atoms with E-state index in [4.69, 9.17) is 27.9 Å². The van der Waals surface area contributed by atoms with Gasteiger partial charge in [-0.3, -0.25) is 9.59 Å². The summed E-state index contributed by atoms with van der Waals surface area (Å²) in [4.78, 5) is 36.2. The van der Waals surface area contributed by atoms with Crippen LogP contribution in [0.25, 0.3) is 0 Å². The summed E-state index contributed by atoms with van der Waals surface area (Å²) in [6.07, 6.45) is 2.11. The second-order valence-corrected chi connectivity index (χ2v) is 7.89. The summed E-state index contributed by atoms with van der Waals surface area (Å²) < 4.78 is 5.31. The van der Waals surface area contributed by atoms with Crippen LogP contribution in [0.5, 0.6) is 5.75 Å². The quantitative estimate of drug-likeness (QED) is 0.145. The second kappa shape index (κ2) is 12.5. The van der Waals surface area contributed by atoms with Crippen LogP contribution in [0.1, 0.15) is 39.1 Å². The third kappa shape index (κ3) is 7.43. The van der Waals surface area contributed by atoms with Crippen LogP contribution in [0.3, 0.4) is 0 Å². The third-order valence-corrected chi connectivity index (χ3v) is 5.23. The number of hydrogen-bond acceptors (Lipinski definition) is 5. The number of hydrogen-bond donors (Lipinski definition) is 2. The predicted molar refractivity (Wildman–Crippen MR) is 132 cm³/mol. The molecule has 34 heavy (non-hydrogen) atoms. The molecule has 174 valence electrons. The minimum absolute atomic E-state index is 0.192. The Hall–Kier alpha value is -3.68. The van der Waals surface area contributed by atoms with Gasteiger partial charge in [0.2, 0.25) is 5.91 Å². The lowest BCUT2D eigenvalue weighted by Crippen LogP contribution is -2.26. The van der Waals surface area contributed by atoms with Crippen LogP contribution < -0.4 is 15.5 Å². The van der Waals surface area contributed by atoms with Gasteiger partial charge in [-0.15, -0.1) is 0 Å². The highest BCUT2D eigenvalue weighted by Gasteiger charge is 2.12. The zero-order valence-corrected chi connectivity index (χ0v) is 19.5. The molecule has 0 aliphatic carbocycles. The molecule has 2 N–H and O–H groups in total. The highest BCUT2D eigenvalue weighted by atomic mass is 35.5. The first-order valence-electron chi connectivity index (χ1n) is 10.4. The van der Waals surface area contributed by atoms with Gasteiger partial charge in [0.1, 0.15) is 5.75 Å². The molecular weight excluding hydrogens is 477 g/mol. The largest absolute Gasteiger partial charge is 0.423 e. The molecule has 0 fully saturated rings. The molecule has 0 spiro atoms. The Labute approximate surface area is 206 Å². The van der Waals surface area contributed by atoms with Gasteiger partial charge in [-0.05, 0) is 60.5 Å². The van der Waals surface area contributed by atoms with E-state index in [9.17, 15) is 14.4 Å². The average molecular weight is 498 g/mol. The molecule has 0 saturated carbocycles. The summed E-state index contributed by atoms with van der Waals surface area (Å²) in [6, 6.07) is 20.0. The first-order valence-corrected chi connectivity index (χ1v) is 11.1. The fourth-order valence-corrected chi connectivity index (χ4v) is 3.27. The van der Waals surface area contributed by atoms with E-state index < -0.39 is 5.97 Å². The van der Waals surface area contributed by atoms with Gasteiger partial charge in [0.15, 0.2) is 0 Å². The molecule has 3 aromatic rings. The van der Waals surface area contributed by atoms with Crippen molar-refractivity contribution in [1.82, 2.24) is 10.7 Å². The first-order chi connectivity index (χ1) is 16.4. The van der Waals surface area contributed by atoms with E-state index in [2.05, 4.69) is 15.8 Å². The predicted octanol–water partition coefficient (Wildman–Crippen LogP) is 4.87. The van der Waals surface area contributed by atoms with E-state index in [-0.39, 0.29) is 23.8 Å². The molecule has 3 aromatic carbocycles. The van der Waals surface area contributed by atoms with Crippen molar-refractivity contribution in [3.63, 3.8) is 0 Å². The zero-order valence-electron chi connectivity index (χ0n) is 18.0. The minimum atomic E-state index is -0.553. The molecule has 3 rings (SSSR count). The lowest BCUT2D eigenvalue weighted by Gasteiger charge is -2.06. The molecule has 0 atom stereocenters. The average Bonchev–Trinajstić information content (AvgIpc) is 2.83. The topological polar surface area (TPSA) is 96.9 Å². The number of ether oxygens (including phenoxy) is 1. The maximum absolute atomic E-state index is 12.2. The smallest absolute Gasteiger partial charge is 0.345 e. The second-order valence-electron chi connectivity index (χ2n) is 7.07. The molecule has 0 aliphatic rings. The standard InChI is InChI=1S/C25H21Cl2N3O4/c26-21-8-3-1-6-19(21)24(32)28-15-5-10-23(31)30-29-16-17-11-13-18(14-12-17)34-25(33)20-7-2-4-9-22(20)27/h1-4,6-9,11-14,16H,5,10,15H2,(H,28,32)(H,30,31)/b29-16+. The number of benzene rings is 3. The SMILES string of the molecule is O=C(CCCNC(=O)c1ccccc1Cl)N/N=C/c1ccc(OC(=O)c2ccccc2Cl)cc1. The number of carbonyl (C=O) groups excluding carboxylic acids is 3. The van der Waals surface area contributed by atoms with Crippen LogP contribution in [0.2, 0.25) is 10.0 Å². The summed E-state index contributed by atoms with van der Waals surface area (Å²) in [5.41, 5.74) is 3.80. The highest BCUT2D eigenvalue weighted by molar-refractivity contribution is 6.34. The van der Waals surface area contributed by atoms with Crippen molar-refractivity contribution in [1.29, 1.82) is 0 Å². The fourth-order valence-electron chi connectivity index (χ4n) is 2.84. The molecular formula is C25H21Cl2N3O4. The molecule has 2 amide bonds. The monoisotopic (exact) mass is 497 g/mol. The maximum atomic E-state index is 12.2. The van der Waals surface area contributed by atoms with E-state index in [1.165, 1.54) is 6.21 Å². The van der Waals surface area contributed by atoms with Gasteiger partial charge < -0.3 is 10.1 Å². The van der Waals surface area contributed by atoms with Crippen molar-refractivity contribution >= 4 is 47.2 Å². The normalized spacial score (nSPS) is 10.6. The lowest BCUT2D eigenvalue weighted by molar-refractivity contribution is -0.121. The van der Waals surface area contributed by atoms with Crippen LogP contribution in [-0.2, 0) is 4.79 Å². The van der Waals surface area contributed by atoms with Crippen molar-refractivity contribution in [2.24, 2.45) is 5.10 Å². The van der Waals surface area contributed by atoms with Crippen LogP contribution in [0.15, 0.2) is 77.9 Å². The maximum Gasteiger partial charge on any atom is 0.345 e. The van der Waals surface area contributed by atoms with Gasteiger partial charge >= 0.3 is 5.97 Å². The Morgan fingerprint density at radius 1 is 0.853 bits per heavy atom. The van der Waals surface area contributed by atoms with Gasteiger partial charge in [0.05, 0.1) is 27.4 Å². The molecule has 0 bridgehead atoms. The highest BCUT2D eigenvalue weighted by Crippen LogP contribution is 2.19. The van der Waals surface area contributed by atoms with Gasteiger partial charge in [-0.1, -0.05) is 47.5 Å². The minimum Gasteiger partial charge on any atom is -0.423 e. The van der Waals surface area contributed by atoms with E-state index >= 15 is 0 Å². The van der Waals surface area contributed by atoms with Crippen molar-refractivity contribution in [2.75, 3.05) is 6.54 Å². The lowest BCUT2D eigenvalue weighted by atomic mass is 10.2. The number of carbonyl (C=O) groups is 3. The summed E-state index contributed by atoms with van der Waals surface area (Å²) in [5, 5.41) is 7.32. The van der Waals surface area contributed by atoms with Gasteiger partial charge in [0.25, 0.3) is 5.91 Å². The summed E-state index contributed by atoms with van der Waals surface area (Å²) >= 11 is 12.0. The number of hydrazone groups is 1. The Morgan fingerprint density at radius 3 is 2.12 bits per heavy atom. The van der Waals surface area contributed by atoms with E-state index in [0.717, 1.165) is 0 Å². The Bertz CT molecular complexity index is 1200. The van der Waals surface area contributed by atoms with Crippen LogP contribution in [-0.4, -0.2) is 30.5 Å². The summed E-state index contributed by atoms with van der Waals surface area (Å²) in [5.74, 6) is -0.772. The number of esters is 1. The number of nitrogens with one attached hydrogen (secondary N) is 2. The first kappa shape index (κ1) is 25.0. The van der Waals surface area contributed by atoms with E-state index in [0.29, 0.717) is 39.9 Å². The molecule has 0 aromatic heterocycles. The van der Waals surface area contributed by atoms with Gasteiger partial charge in [-0.25, -0.2) is 10.2 Å². The van der Waals surface area contributed by atoms with E-state index in [1.807, 2.05) is 0 Å². The molecule has 7 nitrogen and oxygen atoms in total. The molecule has 0 aliphatic heterocycles. The van der Waals surface area contributed by atoms with Crippen molar-refractivity contribution in [2.45, 2.75) is 12.8 Å². The van der Waals surface area contributed by atoms with Crippen molar-refractivity contribution in [3.8, 4) is 5.75 Å². The Kier molecular flexibility index (Phi) is 9.20. The molecule has 0 heterocycles. The van der Waals surface area contributed by atoms with Crippen molar-refractivity contribution in [3.05, 3.63) is 99.5 Å². The van der Waals surface area contributed by atoms with Crippen LogP contribution in [0, 0.1) is 0 Å². The molecule has 9 heteroatoms. The van der Waals surface area contributed by atoms with Gasteiger partial charge in [0, 0.05) is 13.0 Å². The summed E-state index contributed by atoms with van der Waals surface area (Å²) in [6.45, 7) is 0.329. The molecule has 0 radical (unpaired) electrons. The van der Waals surface area contributed by atoms with E-state index in [1.54, 1.807) is 72.8 Å². The number of rotatable bonds is 9. The molecule has 0 unspecified atom stereocenters. The number of halogens is 2. The van der Waals surface area contributed by atoms with Crippen molar-refractivity contribution < 1.29 is 19.1 Å². The summed E-state index contributed by atoms with van der Waals surface area (Å²) in [7, 11) is 0. The van der Waals surface area contributed by atoms with Crippen LogP contribution >= 0.6 is 23.2 Å².